The summed E-state index contributed by atoms with van der Waals surface area (Å²) in [5.74, 6) is 0. The van der Waals surface area contributed by atoms with Gasteiger partial charge in [-0.2, -0.15) is 12.8 Å². The largest absolute Gasteiger partial charge is 0.372 e. The Morgan fingerprint density at radius 3 is 2.09 bits per heavy atom. The SMILES string of the molecule is CCN(CC)c1ccc(C=NS(=O)(=O)c2ccc(Cl)cc2)cc1. The van der Waals surface area contributed by atoms with Crippen molar-refractivity contribution < 1.29 is 8.42 Å². The second kappa shape index (κ2) is 7.62. The first-order chi connectivity index (χ1) is 11.0. The van der Waals surface area contributed by atoms with Gasteiger partial charge in [0.1, 0.15) is 0 Å². The summed E-state index contributed by atoms with van der Waals surface area (Å²) in [5, 5.41) is 0.486. The molecule has 0 bridgehead atoms. The number of sulfonamides is 1. The first kappa shape index (κ1) is 17.5. The van der Waals surface area contributed by atoms with Crippen molar-refractivity contribution in [1.29, 1.82) is 0 Å². The fourth-order valence-electron chi connectivity index (χ4n) is 2.16. The molecule has 0 aliphatic carbocycles. The molecule has 0 atom stereocenters. The van der Waals surface area contributed by atoms with Gasteiger partial charge in [0.05, 0.1) is 4.90 Å². The molecule has 0 heterocycles. The summed E-state index contributed by atoms with van der Waals surface area (Å²) in [7, 11) is -3.71. The van der Waals surface area contributed by atoms with Gasteiger partial charge < -0.3 is 4.90 Å². The normalized spacial score (nSPS) is 11.8. The third-order valence-electron chi connectivity index (χ3n) is 3.47. The molecule has 6 heteroatoms. The highest BCUT2D eigenvalue weighted by atomic mass is 35.5. The maximum absolute atomic E-state index is 12.1. The van der Waals surface area contributed by atoms with Gasteiger partial charge in [0.15, 0.2) is 0 Å². The van der Waals surface area contributed by atoms with Gasteiger partial charge in [-0.15, -0.1) is 0 Å². The molecule has 0 spiro atoms. The fourth-order valence-corrected chi connectivity index (χ4v) is 3.15. The van der Waals surface area contributed by atoms with Crippen LogP contribution in [0.15, 0.2) is 57.8 Å². The van der Waals surface area contributed by atoms with Gasteiger partial charge in [-0.3, -0.25) is 0 Å². The summed E-state index contributed by atoms with van der Waals surface area (Å²) in [5.41, 5.74) is 1.84. The topological polar surface area (TPSA) is 49.7 Å². The van der Waals surface area contributed by atoms with Gasteiger partial charge in [-0.05, 0) is 55.8 Å². The molecule has 0 unspecified atom stereocenters. The van der Waals surface area contributed by atoms with Crippen LogP contribution in [0.4, 0.5) is 5.69 Å². The molecule has 0 N–H and O–H groups in total. The number of benzene rings is 2. The van der Waals surface area contributed by atoms with Crippen molar-refractivity contribution >= 4 is 33.5 Å². The van der Waals surface area contributed by atoms with Crippen LogP contribution in [0, 0.1) is 0 Å². The summed E-state index contributed by atoms with van der Waals surface area (Å²) in [6.45, 7) is 6.04. The van der Waals surface area contributed by atoms with Gasteiger partial charge in [0, 0.05) is 30.0 Å². The highest BCUT2D eigenvalue weighted by Crippen LogP contribution is 2.17. The number of hydrogen-bond acceptors (Lipinski definition) is 3. The molecule has 4 nitrogen and oxygen atoms in total. The first-order valence-electron chi connectivity index (χ1n) is 7.37. The van der Waals surface area contributed by atoms with Crippen LogP contribution in [0.5, 0.6) is 0 Å². The molecular weight excluding hydrogens is 332 g/mol. The van der Waals surface area contributed by atoms with Crippen molar-refractivity contribution in [2.75, 3.05) is 18.0 Å². The molecule has 0 radical (unpaired) electrons. The summed E-state index contributed by atoms with van der Waals surface area (Å²) < 4.78 is 28.0. The number of anilines is 1. The van der Waals surface area contributed by atoms with E-state index in [-0.39, 0.29) is 4.90 Å². The van der Waals surface area contributed by atoms with Gasteiger partial charge in [-0.25, -0.2) is 0 Å². The van der Waals surface area contributed by atoms with E-state index in [1.807, 2.05) is 24.3 Å². The molecule has 0 aromatic heterocycles. The van der Waals surface area contributed by atoms with E-state index < -0.39 is 10.0 Å². The van der Waals surface area contributed by atoms with Crippen LogP contribution >= 0.6 is 11.6 Å². The van der Waals surface area contributed by atoms with Crippen molar-refractivity contribution in [3.8, 4) is 0 Å². The summed E-state index contributed by atoms with van der Waals surface area (Å²) in [6.07, 6.45) is 1.36. The number of hydrogen-bond donors (Lipinski definition) is 0. The standard InChI is InChI=1S/C17H19ClN2O2S/c1-3-20(4-2)16-9-5-14(6-10-16)13-19-23(21,22)17-11-7-15(18)8-12-17/h5-13H,3-4H2,1-2H3. The molecule has 2 aromatic rings. The Balaban J connectivity index is 2.17. The van der Waals surface area contributed by atoms with Gasteiger partial charge in [0.25, 0.3) is 10.0 Å². The second-order valence-electron chi connectivity index (χ2n) is 4.93. The molecule has 0 aliphatic rings. The molecule has 0 saturated carbocycles. The molecule has 2 rings (SSSR count). The van der Waals surface area contributed by atoms with Crippen molar-refractivity contribution in [3.05, 3.63) is 59.1 Å². The Kier molecular flexibility index (Phi) is 5.80. The third kappa shape index (κ3) is 4.56. The van der Waals surface area contributed by atoms with Crippen LogP contribution in [0.2, 0.25) is 5.02 Å². The lowest BCUT2D eigenvalue weighted by Gasteiger charge is -2.20. The highest BCUT2D eigenvalue weighted by Gasteiger charge is 2.11. The molecule has 0 saturated heterocycles. The average molecular weight is 351 g/mol. The molecular formula is C17H19ClN2O2S. The van der Waals surface area contributed by atoms with Crippen LogP contribution in [-0.2, 0) is 10.0 Å². The fraction of sp³-hybridized carbons (Fsp3) is 0.235. The van der Waals surface area contributed by atoms with E-state index in [1.165, 1.54) is 30.5 Å². The van der Waals surface area contributed by atoms with Crippen molar-refractivity contribution in [2.24, 2.45) is 4.40 Å². The van der Waals surface area contributed by atoms with Crippen LogP contribution in [0.1, 0.15) is 19.4 Å². The Bertz CT molecular complexity index is 765. The molecule has 2 aromatic carbocycles. The zero-order valence-corrected chi connectivity index (χ0v) is 14.7. The summed E-state index contributed by atoms with van der Waals surface area (Å²) in [4.78, 5) is 2.34. The lowest BCUT2D eigenvalue weighted by Crippen LogP contribution is -2.21. The van der Waals surface area contributed by atoms with E-state index in [2.05, 4.69) is 23.1 Å². The highest BCUT2D eigenvalue weighted by molar-refractivity contribution is 7.90. The first-order valence-corrected chi connectivity index (χ1v) is 9.19. The lowest BCUT2D eigenvalue weighted by molar-refractivity contribution is 0.598. The van der Waals surface area contributed by atoms with E-state index >= 15 is 0 Å². The number of halogens is 1. The van der Waals surface area contributed by atoms with Gasteiger partial charge in [0.2, 0.25) is 0 Å². The summed E-state index contributed by atoms with van der Waals surface area (Å²) in [6, 6.07) is 13.6. The lowest BCUT2D eigenvalue weighted by atomic mass is 10.2. The van der Waals surface area contributed by atoms with E-state index in [9.17, 15) is 8.42 Å². The van der Waals surface area contributed by atoms with Crippen LogP contribution in [0.25, 0.3) is 0 Å². The van der Waals surface area contributed by atoms with Crippen LogP contribution in [-0.4, -0.2) is 27.7 Å². The molecule has 0 aliphatic heterocycles. The van der Waals surface area contributed by atoms with Crippen molar-refractivity contribution in [2.45, 2.75) is 18.7 Å². The van der Waals surface area contributed by atoms with Gasteiger partial charge in [-0.1, -0.05) is 23.7 Å². The minimum absolute atomic E-state index is 0.123. The third-order valence-corrected chi connectivity index (χ3v) is 4.98. The monoisotopic (exact) mass is 350 g/mol. The molecule has 0 amide bonds. The quantitative estimate of drug-likeness (QED) is 0.740. The minimum Gasteiger partial charge on any atom is -0.372 e. The Morgan fingerprint density at radius 1 is 1.00 bits per heavy atom. The molecule has 122 valence electrons. The minimum atomic E-state index is -3.71. The Hall–Kier alpha value is -1.85. The zero-order valence-electron chi connectivity index (χ0n) is 13.1. The van der Waals surface area contributed by atoms with E-state index in [4.69, 9.17) is 11.6 Å². The Labute approximate surface area is 142 Å². The van der Waals surface area contributed by atoms with Crippen molar-refractivity contribution in [1.82, 2.24) is 0 Å². The average Bonchev–Trinajstić information content (AvgIpc) is 2.56. The predicted molar refractivity (Wildman–Crippen MR) is 96.2 cm³/mol. The molecule has 0 fully saturated rings. The Morgan fingerprint density at radius 2 is 1.57 bits per heavy atom. The van der Waals surface area contributed by atoms with Crippen LogP contribution in [0.3, 0.4) is 0 Å². The summed E-state index contributed by atoms with van der Waals surface area (Å²) >= 11 is 5.76. The number of rotatable bonds is 6. The van der Waals surface area contributed by atoms with E-state index in [0.29, 0.717) is 5.02 Å². The van der Waals surface area contributed by atoms with E-state index in [1.54, 1.807) is 0 Å². The maximum Gasteiger partial charge on any atom is 0.282 e. The van der Waals surface area contributed by atoms with Crippen molar-refractivity contribution in [3.63, 3.8) is 0 Å². The zero-order chi connectivity index (χ0) is 16.9. The molecule has 23 heavy (non-hydrogen) atoms. The smallest absolute Gasteiger partial charge is 0.282 e. The maximum atomic E-state index is 12.1. The predicted octanol–water partition coefficient (Wildman–Crippen LogP) is 3.99. The second-order valence-corrected chi connectivity index (χ2v) is 7.00. The number of nitrogens with zero attached hydrogens (tertiary/aromatic N) is 2. The van der Waals surface area contributed by atoms with Crippen LogP contribution < -0.4 is 4.90 Å². The van der Waals surface area contributed by atoms with Gasteiger partial charge >= 0.3 is 0 Å². The van der Waals surface area contributed by atoms with E-state index in [0.717, 1.165) is 24.3 Å².